The molecule has 1 rings (SSSR count). The molecule has 0 aromatic carbocycles. The lowest BCUT2D eigenvalue weighted by Crippen LogP contribution is -2.36. The molecule has 2 N–H and O–H groups in total. The molecular formula is C13H28N2. The van der Waals surface area contributed by atoms with Crippen molar-refractivity contribution in [2.45, 2.75) is 58.9 Å². The third-order valence-corrected chi connectivity index (χ3v) is 3.77. The lowest BCUT2D eigenvalue weighted by molar-refractivity contribution is 0.314. The average Bonchev–Trinajstić information content (AvgIpc) is 2.64. The predicted molar refractivity (Wildman–Crippen MR) is 67.2 cm³/mol. The van der Waals surface area contributed by atoms with Gasteiger partial charge < -0.3 is 10.6 Å². The minimum absolute atomic E-state index is 0.594. The van der Waals surface area contributed by atoms with Crippen LogP contribution in [0.4, 0.5) is 0 Å². The molecule has 0 heterocycles. The normalized spacial score (nSPS) is 21.8. The molecule has 0 saturated heterocycles. The van der Waals surface area contributed by atoms with Crippen molar-refractivity contribution in [3.05, 3.63) is 0 Å². The summed E-state index contributed by atoms with van der Waals surface area (Å²) in [4.78, 5) is 0. The highest BCUT2D eigenvalue weighted by Crippen LogP contribution is 2.36. The van der Waals surface area contributed by atoms with Gasteiger partial charge in [-0.2, -0.15) is 0 Å². The zero-order chi connectivity index (χ0) is 11.1. The van der Waals surface area contributed by atoms with E-state index in [2.05, 4.69) is 31.4 Å². The lowest BCUT2D eigenvalue weighted by atomic mass is 9.89. The molecule has 0 bridgehead atoms. The summed E-state index contributed by atoms with van der Waals surface area (Å²) in [7, 11) is 0. The summed E-state index contributed by atoms with van der Waals surface area (Å²) in [6.45, 7) is 10.3. The Labute approximate surface area is 95.2 Å². The van der Waals surface area contributed by atoms with Gasteiger partial charge in [-0.05, 0) is 31.6 Å². The van der Waals surface area contributed by atoms with Crippen LogP contribution in [0.3, 0.4) is 0 Å². The van der Waals surface area contributed by atoms with Gasteiger partial charge in [0.05, 0.1) is 0 Å². The monoisotopic (exact) mass is 212 g/mol. The van der Waals surface area contributed by atoms with Crippen molar-refractivity contribution in [3.63, 3.8) is 0 Å². The molecule has 1 fully saturated rings. The zero-order valence-electron chi connectivity index (χ0n) is 10.7. The Balaban J connectivity index is 1.97. The van der Waals surface area contributed by atoms with Gasteiger partial charge in [-0.25, -0.2) is 0 Å². The van der Waals surface area contributed by atoms with E-state index in [1.807, 2.05) is 0 Å². The van der Waals surface area contributed by atoms with Crippen LogP contribution >= 0.6 is 0 Å². The van der Waals surface area contributed by atoms with Gasteiger partial charge in [0.25, 0.3) is 0 Å². The molecule has 0 spiro atoms. The molecule has 15 heavy (non-hydrogen) atoms. The SMILES string of the molecule is CCC(C)NCCNCC1(C)CCCC1. The van der Waals surface area contributed by atoms with Gasteiger partial charge in [0.15, 0.2) is 0 Å². The lowest BCUT2D eigenvalue weighted by Gasteiger charge is -2.24. The summed E-state index contributed by atoms with van der Waals surface area (Å²) in [5.74, 6) is 0. The van der Waals surface area contributed by atoms with Crippen molar-refractivity contribution < 1.29 is 0 Å². The third-order valence-electron chi connectivity index (χ3n) is 3.77. The fourth-order valence-corrected chi connectivity index (χ4v) is 2.35. The average molecular weight is 212 g/mol. The molecule has 0 aromatic heterocycles. The number of hydrogen-bond acceptors (Lipinski definition) is 2. The summed E-state index contributed by atoms with van der Waals surface area (Å²) < 4.78 is 0. The standard InChI is InChI=1S/C13H28N2/c1-4-12(2)15-10-9-14-11-13(3)7-5-6-8-13/h12,14-15H,4-11H2,1-3H3. The van der Waals surface area contributed by atoms with Crippen LogP contribution in [0.2, 0.25) is 0 Å². The molecule has 0 aliphatic heterocycles. The molecule has 90 valence electrons. The Morgan fingerprint density at radius 2 is 1.87 bits per heavy atom. The van der Waals surface area contributed by atoms with Gasteiger partial charge in [-0.1, -0.05) is 26.7 Å². The first kappa shape index (κ1) is 13.0. The maximum absolute atomic E-state index is 3.58. The van der Waals surface area contributed by atoms with Crippen LogP contribution in [0.5, 0.6) is 0 Å². The van der Waals surface area contributed by atoms with E-state index in [1.54, 1.807) is 0 Å². The van der Waals surface area contributed by atoms with E-state index in [0.717, 1.165) is 13.1 Å². The van der Waals surface area contributed by atoms with Crippen molar-refractivity contribution in [2.24, 2.45) is 5.41 Å². The molecule has 2 nitrogen and oxygen atoms in total. The second kappa shape index (κ2) is 6.49. The fourth-order valence-electron chi connectivity index (χ4n) is 2.35. The van der Waals surface area contributed by atoms with Crippen LogP contribution in [0.25, 0.3) is 0 Å². The van der Waals surface area contributed by atoms with Crippen molar-refractivity contribution in [3.8, 4) is 0 Å². The first-order valence-electron chi connectivity index (χ1n) is 6.60. The predicted octanol–water partition coefficient (Wildman–Crippen LogP) is 2.54. The highest BCUT2D eigenvalue weighted by atomic mass is 15.0. The number of rotatable bonds is 7. The molecule has 1 atom stereocenters. The molecule has 1 unspecified atom stereocenters. The Kier molecular flexibility index (Phi) is 5.62. The highest BCUT2D eigenvalue weighted by molar-refractivity contribution is 4.82. The molecule has 1 aliphatic rings. The Bertz CT molecular complexity index is 162. The van der Waals surface area contributed by atoms with Crippen molar-refractivity contribution in [2.75, 3.05) is 19.6 Å². The second-order valence-corrected chi connectivity index (χ2v) is 5.46. The summed E-state index contributed by atoms with van der Waals surface area (Å²) in [6, 6.07) is 0.661. The molecule has 0 amide bonds. The maximum Gasteiger partial charge on any atom is 0.00792 e. The van der Waals surface area contributed by atoms with E-state index in [9.17, 15) is 0 Å². The van der Waals surface area contributed by atoms with E-state index in [1.165, 1.54) is 38.6 Å². The first-order chi connectivity index (χ1) is 7.16. The third kappa shape index (κ3) is 4.98. The van der Waals surface area contributed by atoms with E-state index in [-0.39, 0.29) is 0 Å². The van der Waals surface area contributed by atoms with Crippen LogP contribution in [0.1, 0.15) is 52.9 Å². The number of hydrogen-bond donors (Lipinski definition) is 2. The fraction of sp³-hybridized carbons (Fsp3) is 1.00. The quantitative estimate of drug-likeness (QED) is 0.634. The summed E-state index contributed by atoms with van der Waals surface area (Å²) in [5.41, 5.74) is 0.594. The van der Waals surface area contributed by atoms with Crippen LogP contribution in [-0.2, 0) is 0 Å². The summed E-state index contributed by atoms with van der Waals surface area (Å²) in [5, 5.41) is 7.09. The van der Waals surface area contributed by atoms with Crippen LogP contribution in [0.15, 0.2) is 0 Å². The van der Waals surface area contributed by atoms with Gasteiger partial charge in [-0.3, -0.25) is 0 Å². The minimum Gasteiger partial charge on any atom is -0.315 e. The Hall–Kier alpha value is -0.0800. The van der Waals surface area contributed by atoms with E-state index in [0.29, 0.717) is 11.5 Å². The molecule has 1 aliphatic carbocycles. The molecule has 1 saturated carbocycles. The van der Waals surface area contributed by atoms with Crippen LogP contribution in [0, 0.1) is 5.41 Å². The van der Waals surface area contributed by atoms with Crippen LogP contribution in [-0.4, -0.2) is 25.7 Å². The van der Waals surface area contributed by atoms with Crippen molar-refractivity contribution in [1.29, 1.82) is 0 Å². The minimum atomic E-state index is 0.594. The van der Waals surface area contributed by atoms with E-state index < -0.39 is 0 Å². The van der Waals surface area contributed by atoms with Gasteiger partial charge in [-0.15, -0.1) is 0 Å². The van der Waals surface area contributed by atoms with Crippen LogP contribution < -0.4 is 10.6 Å². The topological polar surface area (TPSA) is 24.1 Å². The van der Waals surface area contributed by atoms with Gasteiger partial charge in [0.2, 0.25) is 0 Å². The van der Waals surface area contributed by atoms with E-state index >= 15 is 0 Å². The molecule has 0 radical (unpaired) electrons. The number of nitrogens with one attached hydrogen (secondary N) is 2. The zero-order valence-corrected chi connectivity index (χ0v) is 10.7. The van der Waals surface area contributed by atoms with E-state index in [4.69, 9.17) is 0 Å². The molecule has 0 aromatic rings. The Morgan fingerprint density at radius 3 is 2.47 bits per heavy atom. The van der Waals surface area contributed by atoms with Crippen molar-refractivity contribution >= 4 is 0 Å². The molecular weight excluding hydrogens is 184 g/mol. The van der Waals surface area contributed by atoms with Gasteiger partial charge >= 0.3 is 0 Å². The van der Waals surface area contributed by atoms with Gasteiger partial charge in [0.1, 0.15) is 0 Å². The first-order valence-corrected chi connectivity index (χ1v) is 6.60. The summed E-state index contributed by atoms with van der Waals surface area (Å²) in [6.07, 6.45) is 6.92. The highest BCUT2D eigenvalue weighted by Gasteiger charge is 2.27. The maximum atomic E-state index is 3.58. The van der Waals surface area contributed by atoms with Gasteiger partial charge in [0, 0.05) is 25.7 Å². The molecule has 2 heteroatoms. The van der Waals surface area contributed by atoms with Crippen molar-refractivity contribution in [1.82, 2.24) is 10.6 Å². The largest absolute Gasteiger partial charge is 0.315 e. The Morgan fingerprint density at radius 1 is 1.20 bits per heavy atom. The smallest absolute Gasteiger partial charge is 0.00792 e. The summed E-state index contributed by atoms with van der Waals surface area (Å²) >= 11 is 0. The second-order valence-electron chi connectivity index (χ2n) is 5.46.